The maximum absolute atomic E-state index is 5.38. The lowest BCUT2D eigenvalue weighted by molar-refractivity contribution is 0.138. The molecule has 0 aliphatic rings. The van der Waals surface area contributed by atoms with Crippen LogP contribution in [0, 0.1) is 0 Å². The highest BCUT2D eigenvalue weighted by Gasteiger charge is 2.04. The SMILES string of the molecule is C=CCCOCCNC(C)c1ccn[nH]1. The van der Waals surface area contributed by atoms with E-state index in [1.165, 1.54) is 0 Å². The van der Waals surface area contributed by atoms with E-state index in [1.807, 2.05) is 12.1 Å². The molecule has 1 atom stereocenters. The van der Waals surface area contributed by atoms with E-state index < -0.39 is 0 Å². The van der Waals surface area contributed by atoms with Gasteiger partial charge in [-0.15, -0.1) is 6.58 Å². The van der Waals surface area contributed by atoms with E-state index in [0.717, 1.165) is 31.9 Å². The maximum Gasteiger partial charge on any atom is 0.0591 e. The van der Waals surface area contributed by atoms with Crippen molar-refractivity contribution in [2.45, 2.75) is 19.4 Å². The van der Waals surface area contributed by atoms with Crippen molar-refractivity contribution in [2.75, 3.05) is 19.8 Å². The zero-order valence-electron chi connectivity index (χ0n) is 9.20. The van der Waals surface area contributed by atoms with Crippen LogP contribution in [0.25, 0.3) is 0 Å². The molecule has 0 radical (unpaired) electrons. The van der Waals surface area contributed by atoms with E-state index in [9.17, 15) is 0 Å². The highest BCUT2D eigenvalue weighted by atomic mass is 16.5. The normalized spacial score (nSPS) is 12.6. The summed E-state index contributed by atoms with van der Waals surface area (Å²) in [6.07, 6.45) is 4.53. The fraction of sp³-hybridized carbons (Fsp3) is 0.545. The summed E-state index contributed by atoms with van der Waals surface area (Å²) in [5.74, 6) is 0. The molecule has 0 fully saturated rings. The summed E-state index contributed by atoms with van der Waals surface area (Å²) in [7, 11) is 0. The van der Waals surface area contributed by atoms with Gasteiger partial charge in [0.05, 0.1) is 18.9 Å². The number of H-pyrrole nitrogens is 1. The number of aromatic nitrogens is 2. The molecule has 0 aliphatic carbocycles. The largest absolute Gasteiger partial charge is 0.380 e. The summed E-state index contributed by atoms with van der Waals surface area (Å²) in [6.45, 7) is 8.05. The Morgan fingerprint density at radius 3 is 3.20 bits per heavy atom. The predicted molar refractivity (Wildman–Crippen MR) is 60.6 cm³/mol. The molecule has 1 heterocycles. The summed E-state index contributed by atoms with van der Waals surface area (Å²) in [4.78, 5) is 0. The monoisotopic (exact) mass is 209 g/mol. The molecular weight excluding hydrogens is 190 g/mol. The molecule has 4 nitrogen and oxygen atoms in total. The third-order valence-corrected chi connectivity index (χ3v) is 2.15. The average Bonchev–Trinajstić information content (AvgIpc) is 2.76. The highest BCUT2D eigenvalue weighted by Crippen LogP contribution is 2.06. The van der Waals surface area contributed by atoms with Gasteiger partial charge in [0.1, 0.15) is 0 Å². The molecule has 0 saturated carbocycles. The number of rotatable bonds is 8. The second-order valence-electron chi connectivity index (χ2n) is 3.38. The van der Waals surface area contributed by atoms with Crippen LogP contribution in [0.5, 0.6) is 0 Å². The van der Waals surface area contributed by atoms with Gasteiger partial charge in [-0.05, 0) is 19.4 Å². The first-order valence-electron chi connectivity index (χ1n) is 5.26. The summed E-state index contributed by atoms with van der Waals surface area (Å²) in [5.41, 5.74) is 1.10. The third-order valence-electron chi connectivity index (χ3n) is 2.15. The molecule has 1 aromatic heterocycles. The first kappa shape index (κ1) is 11.9. The number of nitrogens with one attached hydrogen (secondary N) is 2. The molecule has 0 amide bonds. The van der Waals surface area contributed by atoms with Crippen molar-refractivity contribution in [3.63, 3.8) is 0 Å². The Hall–Kier alpha value is -1.13. The van der Waals surface area contributed by atoms with Crippen LogP contribution < -0.4 is 5.32 Å². The number of nitrogens with zero attached hydrogens (tertiary/aromatic N) is 1. The Bertz CT molecular complexity index is 259. The summed E-state index contributed by atoms with van der Waals surface area (Å²) < 4.78 is 5.38. The smallest absolute Gasteiger partial charge is 0.0591 e. The quantitative estimate of drug-likeness (QED) is 0.505. The lowest BCUT2D eigenvalue weighted by atomic mass is 10.2. The Morgan fingerprint density at radius 2 is 2.53 bits per heavy atom. The minimum absolute atomic E-state index is 0.288. The molecule has 2 N–H and O–H groups in total. The number of hydrogen-bond donors (Lipinski definition) is 2. The van der Waals surface area contributed by atoms with Gasteiger partial charge >= 0.3 is 0 Å². The van der Waals surface area contributed by atoms with Crippen LogP contribution >= 0.6 is 0 Å². The zero-order valence-corrected chi connectivity index (χ0v) is 9.20. The Balaban J connectivity index is 2.02. The molecule has 4 heteroatoms. The lowest BCUT2D eigenvalue weighted by Crippen LogP contribution is -2.23. The van der Waals surface area contributed by atoms with E-state index in [2.05, 4.69) is 29.0 Å². The first-order chi connectivity index (χ1) is 7.34. The minimum Gasteiger partial charge on any atom is -0.380 e. The third kappa shape index (κ3) is 4.76. The fourth-order valence-electron chi connectivity index (χ4n) is 1.23. The second-order valence-corrected chi connectivity index (χ2v) is 3.38. The van der Waals surface area contributed by atoms with Crippen molar-refractivity contribution in [1.29, 1.82) is 0 Å². The average molecular weight is 209 g/mol. The summed E-state index contributed by atoms with van der Waals surface area (Å²) in [6, 6.07) is 2.26. The van der Waals surface area contributed by atoms with Crippen LogP contribution in [-0.4, -0.2) is 30.0 Å². The van der Waals surface area contributed by atoms with Crippen LogP contribution in [0.4, 0.5) is 0 Å². The lowest BCUT2D eigenvalue weighted by Gasteiger charge is -2.11. The molecule has 15 heavy (non-hydrogen) atoms. The molecule has 1 rings (SSSR count). The van der Waals surface area contributed by atoms with Gasteiger partial charge in [0.2, 0.25) is 0 Å². The second kappa shape index (κ2) is 7.20. The van der Waals surface area contributed by atoms with E-state index >= 15 is 0 Å². The molecule has 84 valence electrons. The van der Waals surface area contributed by atoms with Gasteiger partial charge in [-0.3, -0.25) is 5.10 Å². The van der Waals surface area contributed by atoms with Crippen LogP contribution in [0.1, 0.15) is 25.1 Å². The van der Waals surface area contributed by atoms with Crippen LogP contribution in [-0.2, 0) is 4.74 Å². The van der Waals surface area contributed by atoms with Crippen LogP contribution in [0.3, 0.4) is 0 Å². The number of hydrogen-bond acceptors (Lipinski definition) is 3. The molecule has 0 spiro atoms. The Labute approximate surface area is 90.7 Å². The van der Waals surface area contributed by atoms with E-state index in [0.29, 0.717) is 0 Å². The molecule has 1 unspecified atom stereocenters. The highest BCUT2D eigenvalue weighted by molar-refractivity contribution is 5.02. The molecule has 1 aromatic rings. The van der Waals surface area contributed by atoms with Crippen LogP contribution in [0.15, 0.2) is 24.9 Å². The van der Waals surface area contributed by atoms with E-state index in [1.54, 1.807) is 6.20 Å². The fourth-order valence-corrected chi connectivity index (χ4v) is 1.23. The zero-order chi connectivity index (χ0) is 10.9. The molecule has 0 aromatic carbocycles. The molecule has 0 bridgehead atoms. The van der Waals surface area contributed by atoms with Crippen molar-refractivity contribution in [3.8, 4) is 0 Å². The molecular formula is C11H19N3O. The maximum atomic E-state index is 5.38. The van der Waals surface area contributed by atoms with Gasteiger partial charge in [-0.25, -0.2) is 0 Å². The van der Waals surface area contributed by atoms with E-state index in [-0.39, 0.29) is 6.04 Å². The van der Waals surface area contributed by atoms with Gasteiger partial charge < -0.3 is 10.1 Å². The van der Waals surface area contributed by atoms with Gasteiger partial charge in [0.15, 0.2) is 0 Å². The minimum atomic E-state index is 0.288. The van der Waals surface area contributed by atoms with Crippen molar-refractivity contribution in [2.24, 2.45) is 0 Å². The van der Waals surface area contributed by atoms with Crippen molar-refractivity contribution in [3.05, 3.63) is 30.6 Å². The first-order valence-corrected chi connectivity index (χ1v) is 5.26. The topological polar surface area (TPSA) is 49.9 Å². The van der Waals surface area contributed by atoms with Crippen molar-refractivity contribution >= 4 is 0 Å². The van der Waals surface area contributed by atoms with Crippen molar-refractivity contribution in [1.82, 2.24) is 15.5 Å². The number of ether oxygens (including phenoxy) is 1. The van der Waals surface area contributed by atoms with Gasteiger partial charge in [-0.1, -0.05) is 6.08 Å². The van der Waals surface area contributed by atoms with Crippen molar-refractivity contribution < 1.29 is 4.74 Å². The molecule has 0 saturated heterocycles. The van der Waals surface area contributed by atoms with Gasteiger partial charge in [0, 0.05) is 18.8 Å². The summed E-state index contributed by atoms with van der Waals surface area (Å²) >= 11 is 0. The van der Waals surface area contributed by atoms with Gasteiger partial charge in [-0.2, -0.15) is 5.10 Å². The predicted octanol–water partition coefficient (Wildman–Crippen LogP) is 1.65. The van der Waals surface area contributed by atoms with Crippen LogP contribution in [0.2, 0.25) is 0 Å². The Kier molecular flexibility index (Phi) is 5.73. The van der Waals surface area contributed by atoms with E-state index in [4.69, 9.17) is 4.74 Å². The summed E-state index contributed by atoms with van der Waals surface area (Å²) in [5, 5.41) is 10.2. The standard InChI is InChI=1S/C11H19N3O/c1-3-4-8-15-9-7-12-10(2)11-5-6-13-14-11/h3,5-6,10,12H,1,4,7-9H2,2H3,(H,13,14). The van der Waals surface area contributed by atoms with Gasteiger partial charge in [0.25, 0.3) is 0 Å². The number of aromatic amines is 1. The molecule has 0 aliphatic heterocycles. The Morgan fingerprint density at radius 1 is 1.67 bits per heavy atom.